The van der Waals surface area contributed by atoms with E-state index in [4.69, 9.17) is 0 Å². The highest BCUT2D eigenvalue weighted by molar-refractivity contribution is 14.1. The van der Waals surface area contributed by atoms with Crippen LogP contribution in [-0.4, -0.2) is 23.8 Å². The fourth-order valence-electron chi connectivity index (χ4n) is 1.86. The molecule has 2 N–H and O–H groups in total. The molecule has 3 heteroatoms. The number of β-amino-alcohol motifs (C(OH)–C–C–N with tert-alkyl or cyclic N) is 1. The molecule has 14 heavy (non-hydrogen) atoms. The highest BCUT2D eigenvalue weighted by Crippen LogP contribution is 2.20. The van der Waals surface area contributed by atoms with Gasteiger partial charge in [-0.05, 0) is 53.3 Å². The first kappa shape index (κ1) is 10.4. The maximum atomic E-state index is 10.1. The minimum atomic E-state index is -0.521. The third-order valence-electron chi connectivity index (χ3n) is 2.67. The van der Waals surface area contributed by atoms with E-state index in [2.05, 4.69) is 52.2 Å². The second-order valence-electron chi connectivity index (χ2n) is 3.95. The molecule has 0 bridgehead atoms. The van der Waals surface area contributed by atoms with Gasteiger partial charge < -0.3 is 10.4 Å². The molecule has 1 aliphatic heterocycles. The molecule has 0 spiro atoms. The summed E-state index contributed by atoms with van der Waals surface area (Å²) in [7, 11) is 0. The molecule has 1 heterocycles. The highest BCUT2D eigenvalue weighted by Gasteiger charge is 2.30. The zero-order valence-corrected chi connectivity index (χ0v) is 10.1. The third kappa shape index (κ3) is 2.46. The van der Waals surface area contributed by atoms with Crippen LogP contribution in [0.2, 0.25) is 0 Å². The molecule has 1 atom stereocenters. The number of halogens is 1. The monoisotopic (exact) mass is 303 g/mol. The van der Waals surface area contributed by atoms with E-state index < -0.39 is 5.60 Å². The van der Waals surface area contributed by atoms with Crippen LogP contribution in [0.4, 0.5) is 0 Å². The van der Waals surface area contributed by atoms with Gasteiger partial charge in [0.15, 0.2) is 0 Å². The van der Waals surface area contributed by atoms with E-state index in [0.717, 1.165) is 25.9 Å². The first-order chi connectivity index (χ1) is 6.68. The second-order valence-corrected chi connectivity index (χ2v) is 5.20. The summed E-state index contributed by atoms with van der Waals surface area (Å²) in [4.78, 5) is 0. The van der Waals surface area contributed by atoms with Gasteiger partial charge in [-0.1, -0.05) is 12.1 Å². The molecule has 76 valence electrons. The Balaban J connectivity index is 2.06. The summed E-state index contributed by atoms with van der Waals surface area (Å²) in [5.41, 5.74) is 0.698. The smallest absolute Gasteiger partial charge is 0.0823 e. The van der Waals surface area contributed by atoms with Crippen molar-refractivity contribution in [3.63, 3.8) is 0 Å². The summed E-state index contributed by atoms with van der Waals surface area (Å²) in [6.07, 6.45) is 1.62. The molecule has 1 unspecified atom stereocenters. The van der Waals surface area contributed by atoms with Crippen LogP contribution in [0.15, 0.2) is 24.3 Å². The first-order valence-electron chi connectivity index (χ1n) is 4.86. The van der Waals surface area contributed by atoms with E-state index in [9.17, 15) is 5.11 Å². The summed E-state index contributed by atoms with van der Waals surface area (Å²) in [6.45, 7) is 1.65. The molecule has 1 aliphatic rings. The summed E-state index contributed by atoms with van der Waals surface area (Å²) in [5.74, 6) is 0. The van der Waals surface area contributed by atoms with Crippen molar-refractivity contribution in [3.05, 3.63) is 33.4 Å². The van der Waals surface area contributed by atoms with Gasteiger partial charge in [0.05, 0.1) is 5.60 Å². The van der Waals surface area contributed by atoms with Crippen molar-refractivity contribution in [3.8, 4) is 0 Å². The van der Waals surface area contributed by atoms with Crippen LogP contribution >= 0.6 is 22.6 Å². The van der Waals surface area contributed by atoms with Gasteiger partial charge in [0.2, 0.25) is 0 Å². The predicted molar refractivity (Wildman–Crippen MR) is 65.3 cm³/mol. The van der Waals surface area contributed by atoms with E-state index in [1.807, 2.05) is 0 Å². The largest absolute Gasteiger partial charge is 0.388 e. The Morgan fingerprint density at radius 2 is 2.07 bits per heavy atom. The zero-order valence-electron chi connectivity index (χ0n) is 7.96. The van der Waals surface area contributed by atoms with Crippen LogP contribution in [0.5, 0.6) is 0 Å². The molecular formula is C11H14INO. The zero-order chi connectivity index (χ0) is 10.0. The lowest BCUT2D eigenvalue weighted by Crippen LogP contribution is -2.33. The first-order valence-corrected chi connectivity index (χ1v) is 5.93. The van der Waals surface area contributed by atoms with Crippen molar-refractivity contribution in [1.29, 1.82) is 0 Å². The SMILES string of the molecule is OC1(Cc2ccc(I)cc2)CCNC1. The Labute approximate surface area is 97.9 Å². The van der Waals surface area contributed by atoms with Gasteiger partial charge in [0.1, 0.15) is 0 Å². The van der Waals surface area contributed by atoms with E-state index in [0.29, 0.717) is 0 Å². The molecule has 2 rings (SSSR count). The van der Waals surface area contributed by atoms with Crippen molar-refractivity contribution in [1.82, 2.24) is 5.32 Å². The van der Waals surface area contributed by atoms with Crippen LogP contribution in [0.25, 0.3) is 0 Å². The number of hydrogen-bond acceptors (Lipinski definition) is 2. The average molecular weight is 303 g/mol. The number of hydrogen-bond donors (Lipinski definition) is 2. The molecule has 0 radical (unpaired) electrons. The van der Waals surface area contributed by atoms with Gasteiger partial charge in [-0.15, -0.1) is 0 Å². The lowest BCUT2D eigenvalue weighted by atomic mass is 9.94. The fourth-order valence-corrected chi connectivity index (χ4v) is 2.22. The summed E-state index contributed by atoms with van der Waals surface area (Å²) < 4.78 is 1.24. The number of rotatable bonds is 2. The molecule has 0 amide bonds. The van der Waals surface area contributed by atoms with Crippen molar-refractivity contribution in [2.24, 2.45) is 0 Å². The highest BCUT2D eigenvalue weighted by atomic mass is 127. The van der Waals surface area contributed by atoms with E-state index >= 15 is 0 Å². The summed E-state index contributed by atoms with van der Waals surface area (Å²) >= 11 is 2.29. The summed E-state index contributed by atoms with van der Waals surface area (Å²) in [5, 5.41) is 13.3. The Morgan fingerprint density at radius 1 is 1.36 bits per heavy atom. The molecule has 0 saturated carbocycles. The van der Waals surface area contributed by atoms with Crippen molar-refractivity contribution < 1.29 is 5.11 Å². The van der Waals surface area contributed by atoms with Crippen LogP contribution < -0.4 is 5.32 Å². The van der Waals surface area contributed by atoms with Gasteiger partial charge in [-0.2, -0.15) is 0 Å². The summed E-state index contributed by atoms with van der Waals surface area (Å²) in [6, 6.07) is 8.36. The van der Waals surface area contributed by atoms with Crippen LogP contribution in [0, 0.1) is 3.57 Å². The maximum absolute atomic E-state index is 10.1. The third-order valence-corrected chi connectivity index (χ3v) is 3.39. The minimum absolute atomic E-state index is 0.521. The topological polar surface area (TPSA) is 32.3 Å². The van der Waals surface area contributed by atoms with Crippen molar-refractivity contribution in [2.75, 3.05) is 13.1 Å². The Kier molecular flexibility index (Phi) is 3.09. The van der Waals surface area contributed by atoms with Crippen molar-refractivity contribution in [2.45, 2.75) is 18.4 Å². The molecule has 0 aliphatic carbocycles. The van der Waals surface area contributed by atoms with E-state index in [1.54, 1.807) is 0 Å². The normalized spacial score (nSPS) is 26.7. The fraction of sp³-hybridized carbons (Fsp3) is 0.455. The predicted octanol–water partition coefficient (Wildman–Crippen LogP) is 1.56. The Hall–Kier alpha value is -0.130. The molecule has 1 saturated heterocycles. The molecule has 2 nitrogen and oxygen atoms in total. The van der Waals surface area contributed by atoms with Crippen LogP contribution in [0.3, 0.4) is 0 Å². The number of aliphatic hydroxyl groups is 1. The van der Waals surface area contributed by atoms with Gasteiger partial charge >= 0.3 is 0 Å². The molecule has 1 fully saturated rings. The van der Waals surface area contributed by atoms with Gasteiger partial charge in [-0.3, -0.25) is 0 Å². The Bertz CT molecular complexity index is 304. The quantitative estimate of drug-likeness (QED) is 0.813. The lowest BCUT2D eigenvalue weighted by Gasteiger charge is -2.21. The van der Waals surface area contributed by atoms with E-state index in [-0.39, 0.29) is 0 Å². The maximum Gasteiger partial charge on any atom is 0.0823 e. The van der Waals surface area contributed by atoms with Gasteiger partial charge in [-0.25, -0.2) is 0 Å². The average Bonchev–Trinajstić information content (AvgIpc) is 2.57. The molecule has 0 aromatic heterocycles. The van der Waals surface area contributed by atoms with Gasteiger partial charge in [0, 0.05) is 16.5 Å². The van der Waals surface area contributed by atoms with Crippen LogP contribution in [-0.2, 0) is 6.42 Å². The number of nitrogens with one attached hydrogen (secondary N) is 1. The molecule has 1 aromatic rings. The van der Waals surface area contributed by atoms with Gasteiger partial charge in [0.25, 0.3) is 0 Å². The molecule has 1 aromatic carbocycles. The van der Waals surface area contributed by atoms with Crippen LogP contribution in [0.1, 0.15) is 12.0 Å². The molecular weight excluding hydrogens is 289 g/mol. The van der Waals surface area contributed by atoms with Crippen molar-refractivity contribution >= 4 is 22.6 Å². The van der Waals surface area contributed by atoms with E-state index in [1.165, 1.54) is 9.13 Å². The Morgan fingerprint density at radius 3 is 2.64 bits per heavy atom. The number of benzene rings is 1. The minimum Gasteiger partial charge on any atom is -0.388 e. The second kappa shape index (κ2) is 4.16. The lowest BCUT2D eigenvalue weighted by molar-refractivity contribution is 0.0619. The standard InChI is InChI=1S/C11H14INO/c12-10-3-1-9(2-4-10)7-11(14)5-6-13-8-11/h1-4,13-14H,5-8H2.